The van der Waals surface area contributed by atoms with Crippen LogP contribution in [-0.2, 0) is 0 Å². The maximum absolute atomic E-state index is 9.75. The average Bonchev–Trinajstić information content (AvgIpc) is 2.12. The van der Waals surface area contributed by atoms with Crippen LogP contribution in [0.15, 0.2) is 0 Å². The number of rotatable bonds is 8. The van der Waals surface area contributed by atoms with E-state index < -0.39 is 0 Å². The topological polar surface area (TPSA) is 20.2 Å². The van der Waals surface area contributed by atoms with Crippen molar-refractivity contribution in [2.75, 3.05) is 0 Å². The second kappa shape index (κ2) is 8.55. The first-order valence-electron chi connectivity index (χ1n) is 5.90. The lowest BCUT2D eigenvalue weighted by Gasteiger charge is -2.17. The fourth-order valence-corrected chi connectivity index (χ4v) is 1.71. The predicted octanol–water partition coefficient (Wildman–Crippen LogP) is 3.75. The summed E-state index contributed by atoms with van der Waals surface area (Å²) in [6.45, 7) is 6.56. The van der Waals surface area contributed by atoms with Gasteiger partial charge < -0.3 is 5.11 Å². The van der Waals surface area contributed by atoms with Gasteiger partial charge >= 0.3 is 0 Å². The molecule has 0 amide bonds. The monoisotopic (exact) mass is 186 g/mol. The lowest BCUT2D eigenvalue weighted by Crippen LogP contribution is -2.17. The summed E-state index contributed by atoms with van der Waals surface area (Å²) >= 11 is 0. The fourth-order valence-electron chi connectivity index (χ4n) is 1.71. The molecule has 13 heavy (non-hydrogen) atoms. The summed E-state index contributed by atoms with van der Waals surface area (Å²) in [5.41, 5.74) is 0. The first kappa shape index (κ1) is 13.0. The van der Waals surface area contributed by atoms with Crippen LogP contribution in [-0.4, -0.2) is 11.2 Å². The molecule has 0 aliphatic carbocycles. The van der Waals surface area contributed by atoms with Gasteiger partial charge in [0.15, 0.2) is 0 Å². The van der Waals surface area contributed by atoms with Crippen molar-refractivity contribution in [1.82, 2.24) is 0 Å². The van der Waals surface area contributed by atoms with Crippen LogP contribution in [0.4, 0.5) is 0 Å². The Morgan fingerprint density at radius 2 is 1.62 bits per heavy atom. The van der Waals surface area contributed by atoms with Gasteiger partial charge in [-0.3, -0.25) is 0 Å². The van der Waals surface area contributed by atoms with Crippen LogP contribution in [0.1, 0.15) is 65.7 Å². The van der Waals surface area contributed by atoms with Gasteiger partial charge in [0.1, 0.15) is 0 Å². The van der Waals surface area contributed by atoms with Crippen molar-refractivity contribution in [1.29, 1.82) is 0 Å². The third-order valence-corrected chi connectivity index (χ3v) is 2.75. The van der Waals surface area contributed by atoms with Crippen molar-refractivity contribution in [2.24, 2.45) is 5.92 Å². The van der Waals surface area contributed by atoms with E-state index in [4.69, 9.17) is 0 Å². The minimum Gasteiger partial charge on any atom is -0.393 e. The van der Waals surface area contributed by atoms with Gasteiger partial charge in [-0.1, -0.05) is 52.9 Å². The maximum atomic E-state index is 9.75. The lowest BCUT2D eigenvalue weighted by molar-refractivity contribution is 0.0996. The molecule has 2 atom stereocenters. The summed E-state index contributed by atoms with van der Waals surface area (Å²) in [5, 5.41) is 9.75. The van der Waals surface area contributed by atoms with Crippen LogP contribution in [0.25, 0.3) is 0 Å². The van der Waals surface area contributed by atoms with Gasteiger partial charge in [-0.25, -0.2) is 0 Å². The first-order valence-corrected chi connectivity index (χ1v) is 5.90. The highest BCUT2D eigenvalue weighted by Gasteiger charge is 2.11. The van der Waals surface area contributed by atoms with E-state index in [2.05, 4.69) is 20.8 Å². The Bertz CT molecular complexity index is 101. The molecule has 0 aromatic carbocycles. The van der Waals surface area contributed by atoms with E-state index in [0.29, 0.717) is 5.92 Å². The normalized spacial score (nSPS) is 15.7. The summed E-state index contributed by atoms with van der Waals surface area (Å²) in [6.07, 6.45) is 8.37. The van der Waals surface area contributed by atoms with Crippen LogP contribution < -0.4 is 0 Å². The lowest BCUT2D eigenvalue weighted by atomic mass is 9.95. The second-order valence-corrected chi connectivity index (χ2v) is 4.18. The molecule has 0 saturated carbocycles. The van der Waals surface area contributed by atoms with E-state index in [1.165, 1.54) is 32.1 Å². The molecule has 0 bridgehead atoms. The van der Waals surface area contributed by atoms with Crippen molar-refractivity contribution >= 4 is 0 Å². The van der Waals surface area contributed by atoms with Crippen LogP contribution >= 0.6 is 0 Å². The standard InChI is InChI=1S/C12H26O/c1-4-6-7-8-10-12(13)11(3)9-5-2/h11-13H,4-10H2,1-3H3. The molecule has 0 aromatic heterocycles. The zero-order chi connectivity index (χ0) is 10.1. The van der Waals surface area contributed by atoms with Crippen molar-refractivity contribution in [3.8, 4) is 0 Å². The minimum atomic E-state index is -0.0585. The third kappa shape index (κ3) is 7.06. The minimum absolute atomic E-state index is 0.0585. The number of aliphatic hydroxyl groups excluding tert-OH is 1. The summed E-state index contributed by atoms with van der Waals surface area (Å²) in [4.78, 5) is 0. The van der Waals surface area contributed by atoms with Gasteiger partial charge in [-0.15, -0.1) is 0 Å². The van der Waals surface area contributed by atoms with Crippen LogP contribution in [0.2, 0.25) is 0 Å². The zero-order valence-electron chi connectivity index (χ0n) is 9.55. The fraction of sp³-hybridized carbons (Fsp3) is 1.00. The number of aliphatic hydroxyl groups is 1. The number of unbranched alkanes of at least 4 members (excludes halogenated alkanes) is 3. The Hall–Kier alpha value is -0.0400. The quantitative estimate of drug-likeness (QED) is 0.572. The Morgan fingerprint density at radius 1 is 0.923 bits per heavy atom. The van der Waals surface area contributed by atoms with E-state index in [0.717, 1.165) is 12.8 Å². The smallest absolute Gasteiger partial charge is 0.0565 e. The maximum Gasteiger partial charge on any atom is 0.0565 e. The summed E-state index contributed by atoms with van der Waals surface area (Å²) in [6, 6.07) is 0. The zero-order valence-corrected chi connectivity index (χ0v) is 9.55. The first-order chi connectivity index (χ1) is 6.22. The second-order valence-electron chi connectivity index (χ2n) is 4.18. The molecule has 0 heterocycles. The molecule has 0 rings (SSSR count). The van der Waals surface area contributed by atoms with Crippen molar-refractivity contribution in [2.45, 2.75) is 71.8 Å². The number of hydrogen-bond acceptors (Lipinski definition) is 1. The molecular weight excluding hydrogens is 160 g/mol. The molecule has 0 spiro atoms. The van der Waals surface area contributed by atoms with Crippen LogP contribution in [0.5, 0.6) is 0 Å². The van der Waals surface area contributed by atoms with Gasteiger partial charge in [0, 0.05) is 0 Å². The van der Waals surface area contributed by atoms with Gasteiger partial charge in [-0.05, 0) is 18.8 Å². The Balaban J connectivity index is 3.32. The van der Waals surface area contributed by atoms with Crippen molar-refractivity contribution in [3.05, 3.63) is 0 Å². The third-order valence-electron chi connectivity index (χ3n) is 2.75. The molecule has 80 valence electrons. The Labute approximate surface area is 83.5 Å². The van der Waals surface area contributed by atoms with Crippen LogP contribution in [0.3, 0.4) is 0 Å². The van der Waals surface area contributed by atoms with Crippen molar-refractivity contribution < 1.29 is 5.11 Å². The molecule has 2 unspecified atom stereocenters. The molecule has 0 aliphatic rings. The van der Waals surface area contributed by atoms with E-state index >= 15 is 0 Å². The molecule has 0 fully saturated rings. The van der Waals surface area contributed by atoms with Crippen LogP contribution in [0, 0.1) is 5.92 Å². The van der Waals surface area contributed by atoms with Gasteiger partial charge in [0.25, 0.3) is 0 Å². The molecule has 0 saturated heterocycles. The SMILES string of the molecule is CCCCCCC(O)C(C)CCC. The highest BCUT2D eigenvalue weighted by atomic mass is 16.3. The summed E-state index contributed by atoms with van der Waals surface area (Å²) < 4.78 is 0. The van der Waals surface area contributed by atoms with E-state index in [1.807, 2.05) is 0 Å². The number of hydrogen-bond donors (Lipinski definition) is 1. The molecule has 0 aromatic rings. The van der Waals surface area contributed by atoms with E-state index in [-0.39, 0.29) is 6.10 Å². The average molecular weight is 186 g/mol. The molecule has 1 heteroatoms. The Kier molecular flexibility index (Phi) is 8.53. The molecule has 0 aliphatic heterocycles. The highest BCUT2D eigenvalue weighted by Crippen LogP contribution is 2.16. The van der Waals surface area contributed by atoms with Gasteiger partial charge in [-0.2, -0.15) is 0 Å². The molecule has 1 N–H and O–H groups in total. The van der Waals surface area contributed by atoms with Gasteiger partial charge in [0.2, 0.25) is 0 Å². The van der Waals surface area contributed by atoms with E-state index in [9.17, 15) is 5.11 Å². The van der Waals surface area contributed by atoms with E-state index in [1.54, 1.807) is 0 Å². The molecule has 1 nitrogen and oxygen atoms in total. The molecule has 0 radical (unpaired) electrons. The Morgan fingerprint density at radius 3 is 2.15 bits per heavy atom. The largest absolute Gasteiger partial charge is 0.393 e. The highest BCUT2D eigenvalue weighted by molar-refractivity contribution is 4.63. The summed E-state index contributed by atoms with van der Waals surface area (Å²) in [5.74, 6) is 0.492. The predicted molar refractivity (Wildman–Crippen MR) is 58.8 cm³/mol. The van der Waals surface area contributed by atoms with Crippen molar-refractivity contribution in [3.63, 3.8) is 0 Å². The summed E-state index contributed by atoms with van der Waals surface area (Å²) in [7, 11) is 0. The molecular formula is C12H26O. The van der Waals surface area contributed by atoms with Gasteiger partial charge in [0.05, 0.1) is 6.10 Å².